The lowest BCUT2D eigenvalue weighted by Gasteiger charge is -2.29. The minimum Gasteiger partial charge on any atom is -0.446 e. The molecule has 2 aliphatic heterocycles. The third-order valence-corrected chi connectivity index (χ3v) is 6.29. The van der Waals surface area contributed by atoms with Gasteiger partial charge >= 0.3 is 6.09 Å². The van der Waals surface area contributed by atoms with E-state index in [1.54, 1.807) is 4.90 Å². The monoisotopic (exact) mass is 411 g/mol. The molecule has 2 atom stereocenters. The summed E-state index contributed by atoms with van der Waals surface area (Å²) in [5.74, 6) is -0.509. The largest absolute Gasteiger partial charge is 0.446 e. The van der Waals surface area contributed by atoms with Crippen molar-refractivity contribution in [1.29, 1.82) is 0 Å². The van der Waals surface area contributed by atoms with Crippen LogP contribution in [0.4, 0.5) is 4.79 Å². The number of hydrogen-bond donors (Lipinski definition) is 3. The van der Waals surface area contributed by atoms with Crippen LogP contribution in [-0.2, 0) is 19.1 Å². The molecule has 3 amide bonds. The maximum absolute atomic E-state index is 13.1. The van der Waals surface area contributed by atoms with Gasteiger partial charge in [0.25, 0.3) is 5.91 Å². The van der Waals surface area contributed by atoms with E-state index in [-0.39, 0.29) is 24.5 Å². The van der Waals surface area contributed by atoms with Gasteiger partial charge in [0.1, 0.15) is 12.1 Å². The van der Waals surface area contributed by atoms with Crippen LogP contribution in [0, 0.1) is 11.8 Å². The Kier molecular flexibility index (Phi) is 8.26. The Balaban J connectivity index is 1.54. The number of likely N-dealkylation sites (tertiary alicyclic amines) is 1. The molecule has 0 aromatic rings. The molecule has 9 nitrogen and oxygen atoms in total. The molecule has 29 heavy (non-hydrogen) atoms. The summed E-state index contributed by atoms with van der Waals surface area (Å²) in [5, 5.41) is 11.5. The van der Waals surface area contributed by atoms with Crippen molar-refractivity contribution in [2.24, 2.45) is 11.8 Å². The van der Waals surface area contributed by atoms with Crippen LogP contribution in [-0.4, -0.2) is 66.5 Å². The fourth-order valence-electron chi connectivity index (χ4n) is 4.73. The van der Waals surface area contributed by atoms with E-state index in [1.807, 2.05) is 0 Å². The van der Waals surface area contributed by atoms with E-state index >= 15 is 0 Å². The maximum Gasteiger partial charge on any atom is 0.414 e. The summed E-state index contributed by atoms with van der Waals surface area (Å²) in [6.07, 6.45) is 6.75. The first-order chi connectivity index (χ1) is 14.1. The molecule has 1 saturated carbocycles. The van der Waals surface area contributed by atoms with Crippen LogP contribution in [0.2, 0.25) is 0 Å². The molecule has 3 N–H and O–H groups in total. The van der Waals surface area contributed by atoms with Gasteiger partial charge in [-0.25, -0.2) is 10.3 Å². The number of carbonyl (C=O) groups excluding carboxylic acids is 3. The summed E-state index contributed by atoms with van der Waals surface area (Å²) < 4.78 is 10.5. The molecule has 9 heteroatoms. The Labute approximate surface area is 171 Å². The van der Waals surface area contributed by atoms with Crippen LogP contribution >= 0.6 is 0 Å². The first-order valence-corrected chi connectivity index (χ1v) is 10.8. The van der Waals surface area contributed by atoms with Crippen LogP contribution < -0.4 is 10.8 Å². The van der Waals surface area contributed by atoms with Gasteiger partial charge in [0, 0.05) is 25.9 Å². The summed E-state index contributed by atoms with van der Waals surface area (Å²) >= 11 is 0. The molecule has 3 aliphatic rings. The number of rotatable bonds is 7. The van der Waals surface area contributed by atoms with E-state index < -0.39 is 18.0 Å². The predicted molar refractivity (Wildman–Crippen MR) is 103 cm³/mol. The molecular weight excluding hydrogens is 378 g/mol. The van der Waals surface area contributed by atoms with Crippen LogP contribution in [0.25, 0.3) is 0 Å². The molecule has 0 aromatic carbocycles. The van der Waals surface area contributed by atoms with Gasteiger partial charge in [-0.1, -0.05) is 25.7 Å². The zero-order valence-corrected chi connectivity index (χ0v) is 16.9. The van der Waals surface area contributed by atoms with Gasteiger partial charge in [-0.3, -0.25) is 14.9 Å². The number of imide groups is 1. The lowest BCUT2D eigenvalue weighted by molar-refractivity contribution is -0.142. The van der Waals surface area contributed by atoms with Gasteiger partial charge in [-0.05, 0) is 25.2 Å². The molecule has 0 spiro atoms. The summed E-state index contributed by atoms with van der Waals surface area (Å²) in [7, 11) is 0. The summed E-state index contributed by atoms with van der Waals surface area (Å²) in [6.45, 7) is 1.74. The van der Waals surface area contributed by atoms with Crippen LogP contribution in [0.1, 0.15) is 57.8 Å². The molecule has 3 rings (SSSR count). The van der Waals surface area contributed by atoms with Crippen molar-refractivity contribution in [3.63, 3.8) is 0 Å². The first-order valence-electron chi connectivity index (χ1n) is 10.8. The summed E-state index contributed by atoms with van der Waals surface area (Å²) in [5.41, 5.74) is 2.14. The van der Waals surface area contributed by atoms with Gasteiger partial charge in [-0.15, -0.1) is 0 Å². The van der Waals surface area contributed by atoms with E-state index in [2.05, 4.69) is 10.8 Å². The van der Waals surface area contributed by atoms with Gasteiger partial charge < -0.3 is 19.6 Å². The lowest BCUT2D eigenvalue weighted by atomic mass is 9.92. The molecule has 0 aromatic heterocycles. The molecule has 0 bridgehead atoms. The van der Waals surface area contributed by atoms with E-state index in [0.29, 0.717) is 57.8 Å². The topological polar surface area (TPSA) is 117 Å². The summed E-state index contributed by atoms with van der Waals surface area (Å²) in [4.78, 5) is 39.4. The lowest BCUT2D eigenvalue weighted by Crippen LogP contribution is -2.50. The second-order valence-electron chi connectivity index (χ2n) is 8.34. The third kappa shape index (κ3) is 6.13. The van der Waals surface area contributed by atoms with Gasteiger partial charge in [-0.2, -0.15) is 0 Å². The Hall–Kier alpha value is -1.71. The molecule has 3 fully saturated rings. The molecular formula is C20H33N3O6. The standard InChI is InChI=1S/C20H33N3O6/c24-18(22-20(26)29-16-7-10-28-11-8-16)17-6-3-9-23(17)19(25)15(13-21-27)12-14-4-1-2-5-14/h14-17,21,27H,1-13H2,(H,22,24,26)/t15-,17+/m1/s1. The minimum atomic E-state index is -0.763. The van der Waals surface area contributed by atoms with E-state index in [9.17, 15) is 19.6 Å². The van der Waals surface area contributed by atoms with Crippen molar-refractivity contribution in [3.05, 3.63) is 0 Å². The highest BCUT2D eigenvalue weighted by Crippen LogP contribution is 2.32. The fourth-order valence-corrected chi connectivity index (χ4v) is 4.73. The van der Waals surface area contributed by atoms with Crippen LogP contribution in [0.15, 0.2) is 0 Å². The zero-order chi connectivity index (χ0) is 20.6. The number of carbonyl (C=O) groups is 3. The first kappa shape index (κ1) is 22.0. The van der Waals surface area contributed by atoms with Crippen molar-refractivity contribution in [3.8, 4) is 0 Å². The van der Waals surface area contributed by atoms with E-state index in [4.69, 9.17) is 9.47 Å². The quantitative estimate of drug-likeness (QED) is 0.545. The van der Waals surface area contributed by atoms with Gasteiger partial charge in [0.2, 0.25) is 5.91 Å². The average Bonchev–Trinajstić information content (AvgIpc) is 3.39. The number of ether oxygens (including phenoxy) is 2. The minimum absolute atomic E-state index is 0.131. The van der Waals surface area contributed by atoms with Crippen molar-refractivity contribution >= 4 is 17.9 Å². The van der Waals surface area contributed by atoms with E-state index in [1.165, 1.54) is 12.8 Å². The SMILES string of the molecule is O=C(NC(=O)[C@@H]1CCCN1C(=O)[C@@H](CNO)CC1CCCC1)OC1CCOCC1. The fraction of sp³-hybridized carbons (Fsp3) is 0.850. The highest BCUT2D eigenvalue weighted by molar-refractivity contribution is 5.97. The highest BCUT2D eigenvalue weighted by Gasteiger charge is 2.38. The van der Waals surface area contributed by atoms with Crippen LogP contribution in [0.5, 0.6) is 0 Å². The van der Waals surface area contributed by atoms with Gasteiger partial charge in [0.05, 0.1) is 19.1 Å². The Morgan fingerprint density at radius 1 is 1.07 bits per heavy atom. The Morgan fingerprint density at radius 3 is 2.48 bits per heavy atom. The Morgan fingerprint density at radius 2 is 1.79 bits per heavy atom. The highest BCUT2D eigenvalue weighted by atomic mass is 16.6. The number of alkyl carbamates (subject to hydrolysis) is 1. The van der Waals surface area contributed by atoms with Crippen LogP contribution in [0.3, 0.4) is 0 Å². The summed E-state index contributed by atoms with van der Waals surface area (Å²) in [6, 6.07) is -0.672. The number of amides is 3. The van der Waals surface area contributed by atoms with Gasteiger partial charge in [0.15, 0.2) is 0 Å². The van der Waals surface area contributed by atoms with Crippen molar-refractivity contribution in [2.75, 3.05) is 26.3 Å². The number of hydrogen-bond acceptors (Lipinski definition) is 7. The molecule has 0 unspecified atom stereocenters. The zero-order valence-electron chi connectivity index (χ0n) is 16.9. The number of nitrogens with one attached hydrogen (secondary N) is 2. The maximum atomic E-state index is 13.1. The van der Waals surface area contributed by atoms with Crippen molar-refractivity contribution < 1.29 is 29.1 Å². The number of nitrogens with zero attached hydrogens (tertiary/aromatic N) is 1. The molecule has 1 aliphatic carbocycles. The average molecular weight is 411 g/mol. The second kappa shape index (κ2) is 10.9. The molecule has 2 heterocycles. The Bertz CT molecular complexity index is 575. The van der Waals surface area contributed by atoms with Crippen molar-refractivity contribution in [1.82, 2.24) is 15.7 Å². The predicted octanol–water partition coefficient (Wildman–Crippen LogP) is 1.58. The molecule has 0 radical (unpaired) electrons. The van der Waals surface area contributed by atoms with E-state index in [0.717, 1.165) is 12.8 Å². The molecule has 2 saturated heterocycles. The van der Waals surface area contributed by atoms with Crippen molar-refractivity contribution in [2.45, 2.75) is 69.9 Å². The number of hydroxylamine groups is 1. The molecule has 164 valence electrons. The normalized spacial score (nSPS) is 24.4. The third-order valence-electron chi connectivity index (χ3n) is 6.29. The smallest absolute Gasteiger partial charge is 0.414 e. The second-order valence-corrected chi connectivity index (χ2v) is 8.34.